The normalized spacial score (nSPS) is 15.6. The highest BCUT2D eigenvalue weighted by atomic mass is 19.1. The molecule has 1 fully saturated rings. The Labute approximate surface area is 207 Å². The number of amides is 2. The van der Waals surface area contributed by atoms with E-state index in [4.69, 9.17) is 11.1 Å². The van der Waals surface area contributed by atoms with E-state index >= 15 is 4.39 Å². The molecule has 1 saturated heterocycles. The third-order valence-corrected chi connectivity index (χ3v) is 7.23. The number of hydrogen-bond acceptors (Lipinski definition) is 5. The van der Waals surface area contributed by atoms with Crippen LogP contribution in [0.1, 0.15) is 46.8 Å². The summed E-state index contributed by atoms with van der Waals surface area (Å²) in [4.78, 5) is 32.4. The smallest absolute Gasteiger partial charge is 0.254 e. The average molecular weight is 492 g/mol. The second kappa shape index (κ2) is 9.29. The minimum Gasteiger partial charge on any atom is -0.398 e. The van der Waals surface area contributed by atoms with Gasteiger partial charge in [0.15, 0.2) is 5.82 Å². The molecule has 3 aromatic rings. The van der Waals surface area contributed by atoms with Gasteiger partial charge in [0.25, 0.3) is 5.91 Å². The van der Waals surface area contributed by atoms with Crippen LogP contribution >= 0.6 is 0 Å². The van der Waals surface area contributed by atoms with Crippen LogP contribution in [0, 0.1) is 17.0 Å². The molecule has 0 bridgehead atoms. The number of nitrogens with two attached hydrogens (primary N) is 1. The van der Waals surface area contributed by atoms with E-state index in [9.17, 15) is 14.0 Å². The number of rotatable bonds is 3. The molecular formula is C27H27F2N5O2. The van der Waals surface area contributed by atoms with Crippen molar-refractivity contribution >= 4 is 34.6 Å². The van der Waals surface area contributed by atoms with Crippen molar-refractivity contribution in [2.75, 3.05) is 31.9 Å². The van der Waals surface area contributed by atoms with Gasteiger partial charge in [-0.15, -0.1) is 0 Å². The first-order chi connectivity index (χ1) is 17.3. The molecule has 0 radical (unpaired) electrons. The van der Waals surface area contributed by atoms with Crippen LogP contribution in [-0.4, -0.2) is 59.0 Å². The first-order valence-corrected chi connectivity index (χ1v) is 12.1. The number of hydrogen-bond donors (Lipinski definition) is 2. The second-order valence-corrected chi connectivity index (χ2v) is 9.35. The Morgan fingerprint density at radius 2 is 1.67 bits per heavy atom. The van der Waals surface area contributed by atoms with Crippen LogP contribution in [0.15, 0.2) is 24.3 Å². The third-order valence-electron chi connectivity index (χ3n) is 7.23. The maximum Gasteiger partial charge on any atom is 0.254 e. The van der Waals surface area contributed by atoms with Crippen LogP contribution in [0.2, 0.25) is 0 Å². The zero-order chi connectivity index (χ0) is 25.6. The van der Waals surface area contributed by atoms with Gasteiger partial charge < -0.3 is 20.9 Å². The number of carbonyl (C=O) groups is 2. The lowest BCUT2D eigenvalue weighted by atomic mass is 9.84. The lowest BCUT2D eigenvalue weighted by molar-refractivity contribution is -0.130. The van der Waals surface area contributed by atoms with Gasteiger partial charge in [0, 0.05) is 67.1 Å². The van der Waals surface area contributed by atoms with Crippen molar-refractivity contribution in [2.45, 2.75) is 32.6 Å². The van der Waals surface area contributed by atoms with Crippen LogP contribution < -0.4 is 5.73 Å². The molecule has 0 atom stereocenters. The zero-order valence-electron chi connectivity index (χ0n) is 20.0. The topological polar surface area (TPSA) is 103 Å². The lowest BCUT2D eigenvalue weighted by Crippen LogP contribution is -2.50. The highest BCUT2D eigenvalue weighted by Gasteiger charge is 2.27. The van der Waals surface area contributed by atoms with Gasteiger partial charge in [0.05, 0.1) is 5.69 Å². The number of aryl methyl sites for hydroxylation is 1. The number of aromatic nitrogens is 1. The zero-order valence-corrected chi connectivity index (χ0v) is 20.0. The minimum absolute atomic E-state index is 0.0319. The van der Waals surface area contributed by atoms with E-state index in [-0.39, 0.29) is 34.1 Å². The van der Waals surface area contributed by atoms with Crippen LogP contribution in [-0.2, 0) is 17.6 Å². The molecule has 1 aromatic heterocycles. The Balaban J connectivity index is 1.56. The van der Waals surface area contributed by atoms with E-state index in [1.54, 1.807) is 15.9 Å². The molecule has 7 nitrogen and oxygen atoms in total. The van der Waals surface area contributed by atoms with Crippen LogP contribution in [0.4, 0.5) is 14.5 Å². The summed E-state index contributed by atoms with van der Waals surface area (Å²) in [5.74, 6) is -1.55. The van der Waals surface area contributed by atoms with Gasteiger partial charge >= 0.3 is 0 Å². The van der Waals surface area contributed by atoms with Gasteiger partial charge in [-0.2, -0.15) is 0 Å². The number of nitrogen functional groups attached to an aromatic ring is 1. The molecule has 2 aliphatic rings. The van der Waals surface area contributed by atoms with Crippen molar-refractivity contribution in [1.29, 1.82) is 5.41 Å². The number of halogens is 2. The summed E-state index contributed by atoms with van der Waals surface area (Å²) < 4.78 is 30.5. The van der Waals surface area contributed by atoms with Crippen molar-refractivity contribution < 1.29 is 18.4 Å². The van der Waals surface area contributed by atoms with Crippen molar-refractivity contribution in [1.82, 2.24) is 14.8 Å². The van der Waals surface area contributed by atoms with Gasteiger partial charge in [-0.1, -0.05) is 0 Å². The number of pyridine rings is 1. The van der Waals surface area contributed by atoms with E-state index in [1.165, 1.54) is 19.1 Å². The quantitative estimate of drug-likeness (QED) is 0.428. The molecule has 2 amide bonds. The molecule has 9 heteroatoms. The number of fused-ring (bicyclic) bond motifs is 3. The summed E-state index contributed by atoms with van der Waals surface area (Å²) in [6.07, 6.45) is 4.22. The Morgan fingerprint density at radius 1 is 1.00 bits per heavy atom. The lowest BCUT2D eigenvalue weighted by Gasteiger charge is -2.34. The monoisotopic (exact) mass is 491 g/mol. The molecule has 0 spiro atoms. The van der Waals surface area contributed by atoms with Crippen molar-refractivity contribution in [3.05, 3.63) is 58.2 Å². The number of nitrogens with zero attached hydrogens (tertiary/aromatic N) is 3. The largest absolute Gasteiger partial charge is 0.398 e. The molecule has 1 aliphatic heterocycles. The number of piperazine rings is 1. The fraction of sp³-hybridized carbons (Fsp3) is 0.333. The summed E-state index contributed by atoms with van der Waals surface area (Å²) >= 11 is 0. The molecule has 0 saturated carbocycles. The summed E-state index contributed by atoms with van der Waals surface area (Å²) in [6, 6.07) is 5.46. The Hall–Kier alpha value is -3.88. The van der Waals surface area contributed by atoms with Crippen molar-refractivity contribution in [2.24, 2.45) is 0 Å². The van der Waals surface area contributed by atoms with Crippen molar-refractivity contribution in [3.8, 4) is 11.3 Å². The van der Waals surface area contributed by atoms with Crippen molar-refractivity contribution in [3.63, 3.8) is 0 Å². The predicted molar refractivity (Wildman–Crippen MR) is 134 cm³/mol. The molecule has 5 rings (SSSR count). The standard InChI is InChI=1S/C27H27F2N5O2/c1-15(35)33-8-10-34(11-9-33)27(36)16-6-7-19(21(28)12-16)25-18-5-3-2-4-17(18)24-20(14-30)23(31)13-22(29)26(24)32-25/h6-7,12-14,30H,2-5,8-11,31H2,1H3. The van der Waals surface area contributed by atoms with E-state index in [0.717, 1.165) is 36.2 Å². The van der Waals surface area contributed by atoms with Gasteiger partial charge in [0.1, 0.15) is 11.3 Å². The summed E-state index contributed by atoms with van der Waals surface area (Å²) in [6.45, 7) is 3.17. The van der Waals surface area contributed by atoms with E-state index in [0.29, 0.717) is 55.7 Å². The molecule has 2 aromatic carbocycles. The fourth-order valence-corrected chi connectivity index (χ4v) is 5.34. The van der Waals surface area contributed by atoms with Gasteiger partial charge in [-0.25, -0.2) is 13.8 Å². The fourth-order valence-electron chi connectivity index (χ4n) is 5.34. The third kappa shape index (κ3) is 3.98. The molecule has 186 valence electrons. The van der Waals surface area contributed by atoms with E-state index in [1.807, 2.05) is 0 Å². The highest BCUT2D eigenvalue weighted by Crippen LogP contribution is 2.39. The second-order valence-electron chi connectivity index (χ2n) is 9.35. The van der Waals surface area contributed by atoms with E-state index < -0.39 is 11.6 Å². The Morgan fingerprint density at radius 3 is 2.31 bits per heavy atom. The number of nitrogens with one attached hydrogen (secondary N) is 1. The first kappa shape index (κ1) is 23.8. The first-order valence-electron chi connectivity index (χ1n) is 12.1. The number of benzene rings is 2. The number of carbonyl (C=O) groups excluding carboxylic acids is 2. The van der Waals surface area contributed by atoms with E-state index in [2.05, 4.69) is 4.98 Å². The maximum atomic E-state index is 15.5. The molecule has 1 aliphatic carbocycles. The van der Waals surface area contributed by atoms with Crippen LogP contribution in [0.3, 0.4) is 0 Å². The molecular weight excluding hydrogens is 464 g/mol. The Bertz CT molecular complexity index is 1410. The van der Waals surface area contributed by atoms with Crippen LogP contribution in [0.25, 0.3) is 22.2 Å². The summed E-state index contributed by atoms with van der Waals surface area (Å²) in [5, 5.41) is 8.34. The Kier molecular flexibility index (Phi) is 6.15. The van der Waals surface area contributed by atoms with Gasteiger partial charge in [0.2, 0.25) is 5.91 Å². The van der Waals surface area contributed by atoms with Gasteiger partial charge in [-0.3, -0.25) is 9.59 Å². The number of anilines is 1. The van der Waals surface area contributed by atoms with Gasteiger partial charge in [-0.05, 0) is 61.1 Å². The average Bonchev–Trinajstić information content (AvgIpc) is 2.88. The SMILES string of the molecule is CC(=O)N1CCN(C(=O)c2ccc(-c3nc4c(F)cc(N)c(C=N)c4c4c3CCCC4)c(F)c2)CC1. The molecule has 36 heavy (non-hydrogen) atoms. The molecule has 0 unspecified atom stereocenters. The molecule has 2 heterocycles. The summed E-state index contributed by atoms with van der Waals surface area (Å²) in [7, 11) is 0. The maximum absolute atomic E-state index is 15.5. The minimum atomic E-state index is -0.611. The molecule has 3 N–H and O–H groups in total. The predicted octanol–water partition coefficient (Wildman–Crippen LogP) is 3.94. The van der Waals surface area contributed by atoms with Crippen LogP contribution in [0.5, 0.6) is 0 Å². The summed E-state index contributed by atoms with van der Waals surface area (Å²) in [5.41, 5.74) is 9.15. The highest BCUT2D eigenvalue weighted by molar-refractivity contribution is 6.05.